The summed E-state index contributed by atoms with van der Waals surface area (Å²) in [6.07, 6.45) is 4.43. The van der Waals surface area contributed by atoms with E-state index in [0.717, 1.165) is 18.9 Å². The summed E-state index contributed by atoms with van der Waals surface area (Å²) in [4.78, 5) is 19.2. The highest BCUT2D eigenvalue weighted by Gasteiger charge is 2.13. The maximum Gasteiger partial charge on any atom is 0.225 e. The molecule has 2 heterocycles. The number of nitrogens with zero attached hydrogens (tertiary/aromatic N) is 2. The van der Waals surface area contributed by atoms with E-state index in [1.54, 1.807) is 24.4 Å². The Morgan fingerprint density at radius 2 is 2.00 bits per heavy atom. The molecule has 3 rings (SSSR count). The second kappa shape index (κ2) is 8.15. The van der Waals surface area contributed by atoms with Gasteiger partial charge in [0.1, 0.15) is 11.6 Å². The number of nitrogens with one attached hydrogen (secondary N) is 1. The third-order valence-electron chi connectivity index (χ3n) is 3.89. The zero-order valence-electron chi connectivity index (χ0n) is 13.4. The number of anilines is 2. The van der Waals surface area contributed by atoms with Crippen LogP contribution in [0.3, 0.4) is 0 Å². The fourth-order valence-corrected chi connectivity index (χ4v) is 3.52. The lowest BCUT2D eigenvalue weighted by atomic mass is 10.3. The van der Waals surface area contributed by atoms with E-state index >= 15 is 0 Å². The highest BCUT2D eigenvalue weighted by Crippen LogP contribution is 2.22. The van der Waals surface area contributed by atoms with Gasteiger partial charge in [0.15, 0.2) is 0 Å². The Morgan fingerprint density at radius 3 is 2.71 bits per heavy atom. The van der Waals surface area contributed by atoms with Crippen molar-refractivity contribution >= 4 is 29.2 Å². The van der Waals surface area contributed by atoms with Gasteiger partial charge in [-0.2, -0.15) is 0 Å². The Labute approximate surface area is 145 Å². The summed E-state index contributed by atoms with van der Waals surface area (Å²) in [6, 6.07) is 10.4. The molecule has 0 unspecified atom stereocenters. The first-order valence-corrected chi connectivity index (χ1v) is 9.09. The Balaban J connectivity index is 1.45. The minimum Gasteiger partial charge on any atom is -0.357 e. The lowest BCUT2D eigenvalue weighted by Crippen LogP contribution is -2.19. The second-order valence-electron chi connectivity index (χ2n) is 5.68. The zero-order valence-corrected chi connectivity index (χ0v) is 14.2. The van der Waals surface area contributed by atoms with Crippen molar-refractivity contribution < 1.29 is 9.18 Å². The highest BCUT2D eigenvalue weighted by molar-refractivity contribution is 7.99. The number of thioether (sulfide) groups is 1. The molecule has 6 heteroatoms. The fourth-order valence-electron chi connectivity index (χ4n) is 2.63. The maximum absolute atomic E-state index is 13.5. The topological polar surface area (TPSA) is 45.2 Å². The first kappa shape index (κ1) is 16.8. The van der Waals surface area contributed by atoms with Crippen molar-refractivity contribution in [3.8, 4) is 0 Å². The van der Waals surface area contributed by atoms with Crippen LogP contribution in [0.2, 0.25) is 0 Å². The van der Waals surface area contributed by atoms with E-state index in [1.807, 2.05) is 12.1 Å². The predicted molar refractivity (Wildman–Crippen MR) is 96.1 cm³/mol. The van der Waals surface area contributed by atoms with Gasteiger partial charge in [-0.3, -0.25) is 4.79 Å². The molecule has 1 aliphatic heterocycles. The molecule has 1 aromatic carbocycles. The molecule has 1 fully saturated rings. The summed E-state index contributed by atoms with van der Waals surface area (Å²) in [5, 5.41) is 2.83. The molecule has 0 atom stereocenters. The monoisotopic (exact) mass is 345 g/mol. The van der Waals surface area contributed by atoms with Gasteiger partial charge in [0.05, 0.1) is 11.9 Å². The molecule has 0 radical (unpaired) electrons. The standard InChI is InChI=1S/C18H20FN3OS/c19-15-5-1-2-6-16(15)24-12-9-18(23)21-14-7-8-17(20-13-14)22-10-3-4-11-22/h1-2,5-8,13H,3-4,9-12H2,(H,21,23). The first-order valence-electron chi connectivity index (χ1n) is 8.10. The van der Waals surface area contributed by atoms with E-state index in [9.17, 15) is 9.18 Å². The van der Waals surface area contributed by atoms with Crippen LogP contribution in [-0.2, 0) is 4.79 Å². The molecule has 0 aliphatic carbocycles. The summed E-state index contributed by atoms with van der Waals surface area (Å²) in [5.41, 5.74) is 0.693. The number of carbonyl (C=O) groups excluding carboxylic acids is 1. The van der Waals surface area contributed by atoms with Gasteiger partial charge in [0.2, 0.25) is 5.91 Å². The molecular formula is C18H20FN3OS. The fraction of sp³-hybridized carbons (Fsp3) is 0.333. The van der Waals surface area contributed by atoms with E-state index in [2.05, 4.69) is 15.2 Å². The van der Waals surface area contributed by atoms with Crippen LogP contribution < -0.4 is 10.2 Å². The van der Waals surface area contributed by atoms with Crippen LogP contribution in [0.4, 0.5) is 15.9 Å². The molecule has 24 heavy (non-hydrogen) atoms. The number of hydrogen-bond acceptors (Lipinski definition) is 4. The van der Waals surface area contributed by atoms with Crippen LogP contribution in [0.25, 0.3) is 0 Å². The van der Waals surface area contributed by atoms with Crippen molar-refractivity contribution in [2.45, 2.75) is 24.2 Å². The predicted octanol–water partition coefficient (Wildman–Crippen LogP) is 3.94. The van der Waals surface area contributed by atoms with E-state index < -0.39 is 0 Å². The van der Waals surface area contributed by atoms with Gasteiger partial charge in [0, 0.05) is 30.2 Å². The van der Waals surface area contributed by atoms with Gasteiger partial charge < -0.3 is 10.2 Å². The Hall–Kier alpha value is -2.08. The lowest BCUT2D eigenvalue weighted by molar-refractivity contribution is -0.115. The molecule has 0 spiro atoms. The average Bonchev–Trinajstić information content (AvgIpc) is 3.12. The zero-order chi connectivity index (χ0) is 16.8. The molecule has 0 saturated carbocycles. The Morgan fingerprint density at radius 1 is 1.21 bits per heavy atom. The van der Waals surface area contributed by atoms with Crippen molar-refractivity contribution in [3.63, 3.8) is 0 Å². The maximum atomic E-state index is 13.5. The number of aromatic nitrogens is 1. The van der Waals surface area contributed by atoms with Crippen LogP contribution in [0.1, 0.15) is 19.3 Å². The van der Waals surface area contributed by atoms with Gasteiger partial charge >= 0.3 is 0 Å². The quantitative estimate of drug-likeness (QED) is 0.806. The Kier molecular flexibility index (Phi) is 5.69. The average molecular weight is 345 g/mol. The third-order valence-corrected chi connectivity index (χ3v) is 4.94. The lowest BCUT2D eigenvalue weighted by Gasteiger charge is -2.16. The largest absolute Gasteiger partial charge is 0.357 e. The van der Waals surface area contributed by atoms with Crippen molar-refractivity contribution in [2.75, 3.05) is 29.1 Å². The van der Waals surface area contributed by atoms with E-state index in [0.29, 0.717) is 22.8 Å². The molecule has 1 N–H and O–H groups in total. The van der Waals surface area contributed by atoms with Gasteiger partial charge in [0.25, 0.3) is 0 Å². The minimum atomic E-state index is -0.246. The Bertz CT molecular complexity index is 687. The summed E-state index contributed by atoms with van der Waals surface area (Å²) < 4.78 is 13.5. The molecule has 0 bridgehead atoms. The van der Waals surface area contributed by atoms with Gasteiger partial charge in [-0.25, -0.2) is 9.37 Å². The summed E-state index contributed by atoms with van der Waals surface area (Å²) >= 11 is 1.35. The summed E-state index contributed by atoms with van der Waals surface area (Å²) in [6.45, 7) is 2.10. The molecule has 1 amide bonds. The number of carbonyl (C=O) groups is 1. The summed E-state index contributed by atoms with van der Waals surface area (Å²) in [7, 11) is 0. The molecule has 1 aliphatic rings. The summed E-state index contributed by atoms with van der Waals surface area (Å²) in [5.74, 6) is 1.16. The first-order chi connectivity index (χ1) is 11.7. The number of halogens is 1. The van der Waals surface area contributed by atoms with E-state index in [-0.39, 0.29) is 11.7 Å². The van der Waals surface area contributed by atoms with Gasteiger partial charge in [-0.1, -0.05) is 12.1 Å². The number of hydrogen-bond donors (Lipinski definition) is 1. The minimum absolute atomic E-state index is 0.0884. The smallest absolute Gasteiger partial charge is 0.225 e. The molecule has 1 aromatic heterocycles. The number of pyridine rings is 1. The van der Waals surface area contributed by atoms with Crippen molar-refractivity contribution in [3.05, 3.63) is 48.4 Å². The van der Waals surface area contributed by atoms with Crippen molar-refractivity contribution in [1.29, 1.82) is 0 Å². The third kappa shape index (κ3) is 4.47. The van der Waals surface area contributed by atoms with Crippen LogP contribution >= 0.6 is 11.8 Å². The van der Waals surface area contributed by atoms with Crippen molar-refractivity contribution in [1.82, 2.24) is 4.98 Å². The van der Waals surface area contributed by atoms with Gasteiger partial charge in [-0.15, -0.1) is 11.8 Å². The SMILES string of the molecule is O=C(CCSc1ccccc1F)Nc1ccc(N2CCCC2)nc1. The van der Waals surface area contributed by atoms with Crippen molar-refractivity contribution in [2.24, 2.45) is 0 Å². The molecule has 126 valence electrons. The normalized spacial score (nSPS) is 14.0. The number of amides is 1. The van der Waals surface area contributed by atoms with E-state index in [1.165, 1.54) is 30.7 Å². The molecule has 2 aromatic rings. The van der Waals surface area contributed by atoms with E-state index in [4.69, 9.17) is 0 Å². The van der Waals surface area contributed by atoms with Crippen LogP contribution in [-0.4, -0.2) is 29.7 Å². The molecular weight excluding hydrogens is 325 g/mol. The van der Waals surface area contributed by atoms with Crippen LogP contribution in [0.5, 0.6) is 0 Å². The number of benzene rings is 1. The second-order valence-corrected chi connectivity index (χ2v) is 6.81. The molecule has 1 saturated heterocycles. The molecule has 4 nitrogen and oxygen atoms in total. The highest BCUT2D eigenvalue weighted by atomic mass is 32.2. The number of rotatable bonds is 6. The van der Waals surface area contributed by atoms with Crippen LogP contribution in [0.15, 0.2) is 47.5 Å². The van der Waals surface area contributed by atoms with Gasteiger partial charge in [-0.05, 0) is 37.1 Å². The van der Waals surface area contributed by atoms with Crippen LogP contribution in [0, 0.1) is 5.82 Å².